The number of aromatic nitrogens is 2. The Labute approximate surface area is 102 Å². The Bertz CT molecular complexity index is 557. The Morgan fingerprint density at radius 3 is 2.67 bits per heavy atom. The van der Waals surface area contributed by atoms with E-state index in [-0.39, 0.29) is 5.82 Å². The summed E-state index contributed by atoms with van der Waals surface area (Å²) in [5, 5.41) is 4.44. The van der Waals surface area contributed by atoms with Crippen LogP contribution in [-0.4, -0.2) is 9.78 Å². The van der Waals surface area contributed by atoms with Crippen LogP contribution in [-0.2, 0) is 12.7 Å². The summed E-state index contributed by atoms with van der Waals surface area (Å²) in [4.78, 5) is 0. The molecule has 0 saturated carbocycles. The molecule has 2 rings (SSSR count). The number of anilines is 1. The van der Waals surface area contributed by atoms with Gasteiger partial charge in [0.25, 0.3) is 0 Å². The number of hydrogen-bond acceptors (Lipinski definition) is 2. The molecule has 1 aromatic heterocycles. The minimum Gasteiger partial charge on any atom is -0.382 e. The smallest absolute Gasteiger partial charge is 0.382 e. The highest BCUT2D eigenvalue weighted by molar-refractivity contribution is 5.89. The monoisotopic (exact) mass is 257 g/mol. The molecule has 2 aromatic rings. The van der Waals surface area contributed by atoms with Gasteiger partial charge in [-0.3, -0.25) is 4.68 Å². The van der Waals surface area contributed by atoms with Gasteiger partial charge >= 0.3 is 6.18 Å². The third-order valence-corrected chi connectivity index (χ3v) is 2.83. The van der Waals surface area contributed by atoms with Gasteiger partial charge in [0.05, 0.1) is 11.1 Å². The Morgan fingerprint density at radius 2 is 2.06 bits per heavy atom. The minimum atomic E-state index is -4.36. The highest BCUT2D eigenvalue weighted by atomic mass is 19.4. The first-order valence-electron chi connectivity index (χ1n) is 5.76. The predicted molar refractivity (Wildman–Crippen MR) is 64.1 cm³/mol. The van der Waals surface area contributed by atoms with E-state index < -0.39 is 11.7 Å². The van der Waals surface area contributed by atoms with Crippen LogP contribution in [0, 0.1) is 0 Å². The van der Waals surface area contributed by atoms with Gasteiger partial charge in [0, 0.05) is 11.9 Å². The lowest BCUT2D eigenvalue weighted by molar-refractivity contribution is -0.137. The van der Waals surface area contributed by atoms with Crippen molar-refractivity contribution in [3.8, 4) is 0 Å². The summed E-state index contributed by atoms with van der Waals surface area (Å²) >= 11 is 0. The van der Waals surface area contributed by atoms with Crippen LogP contribution in [0.4, 0.5) is 19.0 Å². The van der Waals surface area contributed by atoms with Gasteiger partial charge in [-0.05, 0) is 24.6 Å². The van der Waals surface area contributed by atoms with Gasteiger partial charge in [-0.2, -0.15) is 18.3 Å². The van der Waals surface area contributed by atoms with Crippen molar-refractivity contribution in [2.24, 2.45) is 0 Å². The van der Waals surface area contributed by atoms with Crippen molar-refractivity contribution in [2.75, 3.05) is 5.73 Å². The quantitative estimate of drug-likeness (QED) is 0.915. The van der Waals surface area contributed by atoms with Crippen LogP contribution < -0.4 is 5.73 Å². The van der Waals surface area contributed by atoms with E-state index in [1.54, 1.807) is 4.68 Å². The number of nitrogens with two attached hydrogens (primary N) is 1. The minimum absolute atomic E-state index is 0.146. The van der Waals surface area contributed by atoms with Gasteiger partial charge in [0.1, 0.15) is 0 Å². The second kappa shape index (κ2) is 4.51. The molecule has 0 spiro atoms. The summed E-state index contributed by atoms with van der Waals surface area (Å²) in [6.45, 7) is 2.70. The molecule has 98 valence electrons. The first-order chi connectivity index (χ1) is 8.43. The summed E-state index contributed by atoms with van der Waals surface area (Å²) in [7, 11) is 0. The lowest BCUT2D eigenvalue weighted by Crippen LogP contribution is -2.04. The zero-order valence-electron chi connectivity index (χ0n) is 9.96. The van der Waals surface area contributed by atoms with E-state index in [4.69, 9.17) is 5.73 Å². The molecule has 0 amide bonds. The Hall–Kier alpha value is -1.72. The number of fused-ring (bicyclic) bond motifs is 1. The van der Waals surface area contributed by atoms with Gasteiger partial charge in [-0.15, -0.1) is 0 Å². The summed E-state index contributed by atoms with van der Waals surface area (Å²) in [6, 6.07) is 3.54. The molecule has 18 heavy (non-hydrogen) atoms. The second-order valence-electron chi connectivity index (χ2n) is 4.19. The number of benzene rings is 1. The van der Waals surface area contributed by atoms with E-state index in [2.05, 4.69) is 5.10 Å². The number of rotatable bonds is 3. The van der Waals surface area contributed by atoms with Crippen molar-refractivity contribution < 1.29 is 13.2 Å². The van der Waals surface area contributed by atoms with Crippen LogP contribution in [0.25, 0.3) is 10.9 Å². The normalized spacial score (nSPS) is 12.2. The third kappa shape index (κ3) is 2.27. The van der Waals surface area contributed by atoms with Crippen LogP contribution in [0.3, 0.4) is 0 Å². The predicted octanol–water partition coefficient (Wildman–Crippen LogP) is 3.44. The fraction of sp³-hybridized carbons (Fsp3) is 0.417. The lowest BCUT2D eigenvalue weighted by Gasteiger charge is -2.07. The maximum Gasteiger partial charge on any atom is 0.416 e. The Kier molecular flexibility index (Phi) is 3.19. The number of nitrogen functional groups attached to an aromatic ring is 1. The molecule has 0 unspecified atom stereocenters. The average molecular weight is 257 g/mol. The maximum absolute atomic E-state index is 12.6. The van der Waals surface area contributed by atoms with E-state index in [0.717, 1.165) is 25.0 Å². The third-order valence-electron chi connectivity index (χ3n) is 2.83. The van der Waals surface area contributed by atoms with Gasteiger partial charge in [-0.25, -0.2) is 0 Å². The molecule has 1 aromatic carbocycles. The molecule has 6 heteroatoms. The van der Waals surface area contributed by atoms with Gasteiger partial charge < -0.3 is 5.73 Å². The van der Waals surface area contributed by atoms with Crippen LogP contribution in [0.5, 0.6) is 0 Å². The lowest BCUT2D eigenvalue weighted by atomic mass is 10.1. The fourth-order valence-corrected chi connectivity index (χ4v) is 1.86. The van der Waals surface area contributed by atoms with E-state index in [1.807, 2.05) is 6.92 Å². The first-order valence-corrected chi connectivity index (χ1v) is 5.76. The SMILES string of the molecule is CCCCn1nc(N)c2cc(C(F)(F)F)ccc21. The molecule has 0 bridgehead atoms. The summed E-state index contributed by atoms with van der Waals surface area (Å²) < 4.78 is 39.4. The highest BCUT2D eigenvalue weighted by Crippen LogP contribution is 2.32. The molecule has 0 aliphatic carbocycles. The molecule has 0 aliphatic rings. The number of aryl methyl sites for hydroxylation is 1. The number of hydrogen-bond donors (Lipinski definition) is 1. The zero-order chi connectivity index (χ0) is 13.3. The largest absolute Gasteiger partial charge is 0.416 e. The van der Waals surface area contributed by atoms with Crippen molar-refractivity contribution in [2.45, 2.75) is 32.5 Å². The molecule has 3 nitrogen and oxygen atoms in total. The van der Waals surface area contributed by atoms with Crippen molar-refractivity contribution in [3.05, 3.63) is 23.8 Å². The van der Waals surface area contributed by atoms with Gasteiger partial charge in [0.15, 0.2) is 5.82 Å². The van der Waals surface area contributed by atoms with E-state index in [1.165, 1.54) is 6.07 Å². The van der Waals surface area contributed by atoms with Crippen molar-refractivity contribution in [1.29, 1.82) is 0 Å². The number of halogens is 3. The molecular weight excluding hydrogens is 243 g/mol. The topological polar surface area (TPSA) is 43.8 Å². The first kappa shape index (κ1) is 12.7. The van der Waals surface area contributed by atoms with Crippen molar-refractivity contribution >= 4 is 16.7 Å². The fourth-order valence-electron chi connectivity index (χ4n) is 1.86. The van der Waals surface area contributed by atoms with Gasteiger partial charge in [-0.1, -0.05) is 13.3 Å². The molecule has 0 radical (unpaired) electrons. The van der Waals surface area contributed by atoms with E-state index in [0.29, 0.717) is 17.4 Å². The summed E-state index contributed by atoms with van der Waals surface area (Å²) in [6.07, 6.45) is -2.45. The molecule has 0 atom stereocenters. The Morgan fingerprint density at radius 1 is 1.33 bits per heavy atom. The average Bonchev–Trinajstić information content (AvgIpc) is 2.62. The van der Waals surface area contributed by atoms with Crippen molar-refractivity contribution in [1.82, 2.24) is 9.78 Å². The number of unbranched alkanes of at least 4 members (excludes halogenated alkanes) is 1. The number of nitrogens with zero attached hydrogens (tertiary/aromatic N) is 2. The summed E-state index contributed by atoms with van der Waals surface area (Å²) in [5.41, 5.74) is 5.61. The molecular formula is C12H14F3N3. The molecule has 0 saturated heterocycles. The number of alkyl halides is 3. The standard InChI is InChI=1S/C12H14F3N3/c1-2-3-6-18-10-5-4-8(12(13,14)15)7-9(10)11(16)17-18/h4-5,7H,2-3,6H2,1H3,(H2,16,17). The summed E-state index contributed by atoms with van der Waals surface area (Å²) in [5.74, 6) is 0.146. The van der Waals surface area contributed by atoms with Gasteiger partial charge in [0.2, 0.25) is 0 Å². The Balaban J connectivity index is 2.49. The zero-order valence-corrected chi connectivity index (χ0v) is 9.96. The molecule has 2 N–H and O–H groups in total. The van der Waals surface area contributed by atoms with E-state index >= 15 is 0 Å². The molecule has 1 heterocycles. The van der Waals surface area contributed by atoms with Crippen LogP contribution in [0.1, 0.15) is 25.3 Å². The van der Waals surface area contributed by atoms with Crippen molar-refractivity contribution in [3.63, 3.8) is 0 Å². The van der Waals surface area contributed by atoms with Crippen LogP contribution in [0.15, 0.2) is 18.2 Å². The van der Waals surface area contributed by atoms with E-state index in [9.17, 15) is 13.2 Å². The van der Waals surface area contributed by atoms with Crippen LogP contribution in [0.2, 0.25) is 0 Å². The van der Waals surface area contributed by atoms with Crippen LogP contribution >= 0.6 is 0 Å². The molecule has 0 aliphatic heterocycles. The molecule has 0 fully saturated rings. The highest BCUT2D eigenvalue weighted by Gasteiger charge is 2.31. The second-order valence-corrected chi connectivity index (χ2v) is 4.19. The maximum atomic E-state index is 12.6.